The molecule has 0 radical (unpaired) electrons. The van der Waals surface area contributed by atoms with Crippen molar-refractivity contribution in [3.8, 4) is 0 Å². The van der Waals surface area contributed by atoms with Crippen LogP contribution < -0.4 is 5.73 Å². The molecule has 3 heteroatoms. The molecule has 3 nitrogen and oxygen atoms in total. The fraction of sp³-hybridized carbons (Fsp3) is 0.938. The molecule has 1 saturated heterocycles. The Labute approximate surface area is 117 Å². The Morgan fingerprint density at radius 1 is 1.16 bits per heavy atom. The Balaban J connectivity index is 1.81. The van der Waals surface area contributed by atoms with Crippen molar-refractivity contribution in [2.45, 2.75) is 64.8 Å². The molecule has 1 aliphatic carbocycles. The number of nitrogens with two attached hydrogens (primary N) is 1. The van der Waals surface area contributed by atoms with Gasteiger partial charge in [-0.3, -0.25) is 4.79 Å². The molecule has 2 N–H and O–H groups in total. The van der Waals surface area contributed by atoms with Gasteiger partial charge in [-0.05, 0) is 62.8 Å². The lowest BCUT2D eigenvalue weighted by molar-refractivity contribution is -0.134. The number of hydrogen-bond acceptors (Lipinski definition) is 2. The molecular weight excluding hydrogens is 236 g/mol. The van der Waals surface area contributed by atoms with E-state index in [1.807, 2.05) is 0 Å². The van der Waals surface area contributed by atoms with Gasteiger partial charge < -0.3 is 10.6 Å². The number of amides is 1. The van der Waals surface area contributed by atoms with Gasteiger partial charge in [0.15, 0.2) is 0 Å². The number of likely N-dealkylation sites (tertiary alicyclic amines) is 1. The molecule has 1 heterocycles. The van der Waals surface area contributed by atoms with E-state index in [0.29, 0.717) is 29.7 Å². The van der Waals surface area contributed by atoms with E-state index in [4.69, 9.17) is 5.73 Å². The van der Waals surface area contributed by atoms with Crippen LogP contribution in [0.5, 0.6) is 0 Å². The van der Waals surface area contributed by atoms with Gasteiger partial charge in [-0.25, -0.2) is 0 Å². The van der Waals surface area contributed by atoms with Crippen molar-refractivity contribution in [2.24, 2.45) is 23.5 Å². The van der Waals surface area contributed by atoms with Crippen molar-refractivity contribution >= 4 is 5.91 Å². The summed E-state index contributed by atoms with van der Waals surface area (Å²) >= 11 is 0. The Morgan fingerprint density at radius 3 is 2.37 bits per heavy atom. The first-order valence-corrected chi connectivity index (χ1v) is 8.11. The van der Waals surface area contributed by atoms with E-state index in [-0.39, 0.29) is 0 Å². The summed E-state index contributed by atoms with van der Waals surface area (Å²) in [6.07, 6.45) is 8.02. The van der Waals surface area contributed by atoms with Crippen molar-refractivity contribution in [1.82, 2.24) is 4.90 Å². The van der Waals surface area contributed by atoms with E-state index in [0.717, 1.165) is 19.5 Å². The predicted octanol–water partition coefficient (Wildman–Crippen LogP) is 2.79. The minimum atomic E-state index is 0.410. The number of carbonyl (C=O) groups is 1. The van der Waals surface area contributed by atoms with E-state index in [1.54, 1.807) is 0 Å². The van der Waals surface area contributed by atoms with Crippen molar-refractivity contribution < 1.29 is 4.79 Å². The fourth-order valence-electron chi connectivity index (χ4n) is 3.83. The van der Waals surface area contributed by atoms with Crippen molar-refractivity contribution in [1.29, 1.82) is 0 Å². The largest absolute Gasteiger partial charge is 0.339 e. The van der Waals surface area contributed by atoms with Gasteiger partial charge >= 0.3 is 0 Å². The van der Waals surface area contributed by atoms with Gasteiger partial charge in [0, 0.05) is 19.0 Å². The van der Waals surface area contributed by atoms with Crippen LogP contribution in [0.4, 0.5) is 0 Å². The van der Waals surface area contributed by atoms with E-state index >= 15 is 0 Å². The van der Waals surface area contributed by atoms with Crippen LogP contribution in [0.15, 0.2) is 0 Å². The number of hydrogen-bond donors (Lipinski definition) is 1. The van der Waals surface area contributed by atoms with E-state index in [2.05, 4.69) is 18.7 Å². The minimum absolute atomic E-state index is 0.410. The summed E-state index contributed by atoms with van der Waals surface area (Å²) in [5.41, 5.74) is 5.73. The first-order chi connectivity index (χ1) is 9.11. The van der Waals surface area contributed by atoms with Crippen LogP contribution in [0.1, 0.15) is 58.8 Å². The van der Waals surface area contributed by atoms with Crippen LogP contribution in [-0.4, -0.2) is 29.9 Å². The summed E-state index contributed by atoms with van der Waals surface area (Å²) in [4.78, 5) is 14.6. The normalized spacial score (nSPS) is 32.0. The Hall–Kier alpha value is -0.570. The maximum atomic E-state index is 12.5. The maximum absolute atomic E-state index is 12.5. The van der Waals surface area contributed by atoms with Crippen LogP contribution >= 0.6 is 0 Å². The Kier molecular flexibility index (Phi) is 5.26. The molecule has 0 aromatic carbocycles. The number of rotatable bonds is 4. The second-order valence-corrected chi connectivity index (χ2v) is 6.87. The molecule has 2 rings (SSSR count). The third-order valence-corrected chi connectivity index (χ3v) is 5.15. The molecule has 1 saturated carbocycles. The fourth-order valence-corrected chi connectivity index (χ4v) is 3.83. The molecule has 1 amide bonds. The van der Waals surface area contributed by atoms with Crippen LogP contribution in [0.25, 0.3) is 0 Å². The van der Waals surface area contributed by atoms with Crippen LogP contribution in [0.3, 0.4) is 0 Å². The lowest BCUT2D eigenvalue weighted by Crippen LogP contribution is -2.39. The van der Waals surface area contributed by atoms with Crippen molar-refractivity contribution in [3.63, 3.8) is 0 Å². The zero-order valence-electron chi connectivity index (χ0n) is 12.6. The molecule has 0 bridgehead atoms. The molecule has 1 atom stereocenters. The van der Waals surface area contributed by atoms with Gasteiger partial charge in [-0.15, -0.1) is 0 Å². The highest BCUT2D eigenvalue weighted by Crippen LogP contribution is 2.32. The van der Waals surface area contributed by atoms with Gasteiger partial charge in [-0.1, -0.05) is 13.8 Å². The highest BCUT2D eigenvalue weighted by Gasteiger charge is 2.32. The molecule has 0 aromatic rings. The zero-order chi connectivity index (χ0) is 13.8. The van der Waals surface area contributed by atoms with Gasteiger partial charge in [0.25, 0.3) is 0 Å². The average Bonchev–Trinajstić information content (AvgIpc) is 2.89. The molecule has 2 fully saturated rings. The summed E-state index contributed by atoms with van der Waals surface area (Å²) in [6.45, 7) is 6.29. The highest BCUT2D eigenvalue weighted by molar-refractivity contribution is 5.77. The van der Waals surface area contributed by atoms with Gasteiger partial charge in [0.2, 0.25) is 5.91 Å². The summed E-state index contributed by atoms with van der Waals surface area (Å²) in [7, 11) is 0. The number of carbonyl (C=O) groups excluding carboxylic acids is 1. The average molecular weight is 266 g/mol. The lowest BCUT2D eigenvalue weighted by atomic mass is 9.80. The molecule has 19 heavy (non-hydrogen) atoms. The van der Waals surface area contributed by atoms with Gasteiger partial charge in [0.1, 0.15) is 0 Å². The van der Waals surface area contributed by atoms with Crippen molar-refractivity contribution in [3.05, 3.63) is 0 Å². The minimum Gasteiger partial charge on any atom is -0.339 e. The Morgan fingerprint density at radius 2 is 1.79 bits per heavy atom. The first kappa shape index (κ1) is 14.8. The highest BCUT2D eigenvalue weighted by atomic mass is 16.2. The smallest absolute Gasteiger partial charge is 0.223 e. The molecule has 1 unspecified atom stereocenters. The molecule has 0 spiro atoms. The predicted molar refractivity (Wildman–Crippen MR) is 78.7 cm³/mol. The van der Waals surface area contributed by atoms with Gasteiger partial charge in [-0.2, -0.15) is 0 Å². The topological polar surface area (TPSA) is 46.3 Å². The van der Waals surface area contributed by atoms with E-state index in [1.165, 1.54) is 38.5 Å². The molecule has 0 aromatic heterocycles. The van der Waals surface area contributed by atoms with Crippen LogP contribution in [0, 0.1) is 17.8 Å². The van der Waals surface area contributed by atoms with Gasteiger partial charge in [0.05, 0.1) is 0 Å². The first-order valence-electron chi connectivity index (χ1n) is 8.11. The summed E-state index contributed by atoms with van der Waals surface area (Å²) in [5, 5.41) is 0. The van der Waals surface area contributed by atoms with Crippen LogP contribution in [-0.2, 0) is 4.79 Å². The number of nitrogens with zero attached hydrogens (tertiary/aromatic N) is 1. The molecular formula is C16H30N2O. The summed E-state index contributed by atoms with van der Waals surface area (Å²) in [5.74, 6) is 2.33. The van der Waals surface area contributed by atoms with Crippen LogP contribution in [0.2, 0.25) is 0 Å². The second kappa shape index (κ2) is 6.74. The maximum Gasteiger partial charge on any atom is 0.223 e. The Bertz CT molecular complexity index is 295. The standard InChI is InChI=1S/C16H30N2O/c1-12(2)15-4-3-9-18(15)16(19)10-13-5-7-14(11-17)8-6-13/h12-15H,3-11,17H2,1-2H3. The SMILES string of the molecule is CC(C)C1CCCN1C(=O)CC1CCC(CN)CC1. The summed E-state index contributed by atoms with van der Waals surface area (Å²) < 4.78 is 0. The van der Waals surface area contributed by atoms with E-state index < -0.39 is 0 Å². The molecule has 2 aliphatic rings. The third kappa shape index (κ3) is 3.71. The third-order valence-electron chi connectivity index (χ3n) is 5.15. The lowest BCUT2D eigenvalue weighted by Gasteiger charge is -2.31. The second-order valence-electron chi connectivity index (χ2n) is 6.87. The monoisotopic (exact) mass is 266 g/mol. The van der Waals surface area contributed by atoms with Crippen molar-refractivity contribution in [2.75, 3.05) is 13.1 Å². The quantitative estimate of drug-likeness (QED) is 0.850. The molecule has 1 aliphatic heterocycles. The summed E-state index contributed by atoms with van der Waals surface area (Å²) in [6, 6.07) is 0.493. The molecule has 110 valence electrons. The van der Waals surface area contributed by atoms with E-state index in [9.17, 15) is 4.79 Å². The zero-order valence-corrected chi connectivity index (χ0v) is 12.6.